The number of rotatable bonds is 1. The van der Waals surface area contributed by atoms with Crippen molar-refractivity contribution in [2.45, 2.75) is 13.8 Å². The topological polar surface area (TPSA) is 23.5 Å². The Balaban J connectivity index is 0.000000561. The normalized spacial score (nSPS) is 8.33. The van der Waals surface area contributed by atoms with Crippen LogP contribution in [-0.4, -0.2) is 5.11 Å². The summed E-state index contributed by atoms with van der Waals surface area (Å²) >= 11 is 10.7. The van der Waals surface area contributed by atoms with Crippen LogP contribution < -0.4 is 3.94 Å². The maximum absolute atomic E-state index is 8.83. The van der Waals surface area contributed by atoms with Crippen molar-refractivity contribution in [1.29, 1.82) is 0 Å². The van der Waals surface area contributed by atoms with Gasteiger partial charge in [0.05, 0.1) is 5.69 Å². The largest absolute Gasteiger partial charge is 0.508 e. The Bertz CT molecular complexity index is 211. The highest BCUT2D eigenvalue weighted by atomic mass is 35.5. The maximum atomic E-state index is 8.83. The number of phenolic OH excluding ortho intramolecular Hbond substituents is 1. The van der Waals surface area contributed by atoms with Gasteiger partial charge in [-0.15, -0.1) is 0 Å². The molecule has 0 unspecified atom stereocenters. The molecule has 0 bridgehead atoms. The number of nitrogens with zero attached hydrogens (tertiary/aromatic N) is 1. The molecule has 1 rings (SSSR count). The summed E-state index contributed by atoms with van der Waals surface area (Å²) in [7, 11) is 0. The second kappa shape index (κ2) is 5.98. The van der Waals surface area contributed by atoms with Crippen molar-refractivity contribution in [3.05, 3.63) is 24.3 Å². The number of hydrogen-bond acceptors (Lipinski definition) is 2. The number of halogens is 2. The minimum Gasteiger partial charge on any atom is -0.508 e. The molecule has 0 fully saturated rings. The zero-order valence-electron chi connectivity index (χ0n) is 6.96. The molecule has 0 saturated heterocycles. The Hall–Kier alpha value is -0.600. The average Bonchev–Trinajstić information content (AvgIpc) is 2.09. The molecule has 68 valence electrons. The molecule has 0 saturated carbocycles. The van der Waals surface area contributed by atoms with Gasteiger partial charge in [-0.3, -0.25) is 0 Å². The van der Waals surface area contributed by atoms with Crippen molar-refractivity contribution in [2.75, 3.05) is 3.94 Å². The van der Waals surface area contributed by atoms with Gasteiger partial charge in [-0.2, -0.15) is 3.94 Å². The summed E-state index contributed by atoms with van der Waals surface area (Å²) in [4.78, 5) is 0. The van der Waals surface area contributed by atoms with Crippen LogP contribution in [0.5, 0.6) is 5.75 Å². The van der Waals surface area contributed by atoms with E-state index in [0.717, 1.165) is 3.94 Å². The zero-order valence-corrected chi connectivity index (χ0v) is 8.47. The summed E-state index contributed by atoms with van der Waals surface area (Å²) in [5, 5.41) is 8.83. The van der Waals surface area contributed by atoms with Gasteiger partial charge in [0.1, 0.15) is 5.75 Å². The molecule has 1 aromatic carbocycles. The monoisotopic (exact) mass is 207 g/mol. The van der Waals surface area contributed by atoms with Crippen LogP contribution in [-0.2, 0) is 0 Å². The van der Waals surface area contributed by atoms with Crippen LogP contribution in [0.1, 0.15) is 13.8 Å². The number of aromatic hydroxyl groups is 1. The standard InChI is InChI=1S/C6H5Cl2NO.C2H6/c7-9(8)5-1-3-6(10)4-2-5;1-2/h1-4,10H;1-2H3. The molecule has 1 N–H and O–H groups in total. The van der Waals surface area contributed by atoms with E-state index in [0.29, 0.717) is 5.69 Å². The van der Waals surface area contributed by atoms with E-state index in [1.54, 1.807) is 12.1 Å². The molecular formula is C8H11Cl2NO. The van der Waals surface area contributed by atoms with Gasteiger partial charge >= 0.3 is 0 Å². The zero-order chi connectivity index (χ0) is 9.56. The Morgan fingerprint density at radius 2 is 1.50 bits per heavy atom. The predicted octanol–water partition coefficient (Wildman–Crippen LogP) is 3.53. The first-order valence-corrected chi connectivity index (χ1v) is 4.28. The summed E-state index contributed by atoms with van der Waals surface area (Å²) in [5.74, 6) is 0.193. The van der Waals surface area contributed by atoms with Crippen molar-refractivity contribution in [3.63, 3.8) is 0 Å². The summed E-state index contributed by atoms with van der Waals surface area (Å²) in [6, 6.07) is 6.23. The van der Waals surface area contributed by atoms with Crippen molar-refractivity contribution < 1.29 is 5.11 Å². The smallest absolute Gasteiger partial charge is 0.115 e. The minimum absolute atomic E-state index is 0.193. The van der Waals surface area contributed by atoms with Crippen LogP contribution in [0, 0.1) is 0 Å². The molecule has 0 aliphatic carbocycles. The lowest BCUT2D eigenvalue weighted by molar-refractivity contribution is 0.475. The van der Waals surface area contributed by atoms with Crippen molar-refractivity contribution in [3.8, 4) is 5.75 Å². The van der Waals surface area contributed by atoms with E-state index in [1.165, 1.54) is 12.1 Å². The van der Waals surface area contributed by atoms with E-state index in [9.17, 15) is 0 Å². The fourth-order valence-electron chi connectivity index (χ4n) is 0.565. The Morgan fingerprint density at radius 1 is 1.08 bits per heavy atom. The van der Waals surface area contributed by atoms with Gasteiger partial charge in [-0.25, -0.2) is 0 Å². The number of benzene rings is 1. The molecule has 0 aliphatic rings. The molecule has 0 aromatic heterocycles. The fourth-order valence-corrected chi connectivity index (χ4v) is 0.791. The van der Waals surface area contributed by atoms with Gasteiger partial charge in [-0.05, 0) is 24.3 Å². The van der Waals surface area contributed by atoms with E-state index < -0.39 is 0 Å². The molecule has 4 heteroatoms. The van der Waals surface area contributed by atoms with Crippen LogP contribution in [0.4, 0.5) is 5.69 Å². The SMILES string of the molecule is CC.Oc1ccc(N(Cl)Cl)cc1. The van der Waals surface area contributed by atoms with Gasteiger partial charge in [0.2, 0.25) is 0 Å². The van der Waals surface area contributed by atoms with E-state index in [-0.39, 0.29) is 5.75 Å². The molecule has 0 heterocycles. The lowest BCUT2D eigenvalue weighted by Gasteiger charge is -2.03. The average molecular weight is 208 g/mol. The lowest BCUT2D eigenvalue weighted by Crippen LogP contribution is -1.89. The van der Waals surface area contributed by atoms with E-state index in [2.05, 4.69) is 0 Å². The van der Waals surface area contributed by atoms with Gasteiger partial charge in [0.25, 0.3) is 0 Å². The quantitative estimate of drug-likeness (QED) is 0.713. The lowest BCUT2D eigenvalue weighted by atomic mass is 10.3. The van der Waals surface area contributed by atoms with Crippen LogP contribution in [0.3, 0.4) is 0 Å². The van der Waals surface area contributed by atoms with Crippen LogP contribution >= 0.6 is 23.6 Å². The number of anilines is 1. The summed E-state index contributed by atoms with van der Waals surface area (Å²) in [5.41, 5.74) is 0.626. The Kier molecular flexibility index (Phi) is 5.68. The first kappa shape index (κ1) is 11.4. The third-order valence-corrected chi connectivity index (χ3v) is 1.44. The van der Waals surface area contributed by atoms with Crippen molar-refractivity contribution in [2.24, 2.45) is 0 Å². The third kappa shape index (κ3) is 3.69. The van der Waals surface area contributed by atoms with Gasteiger partial charge in [0.15, 0.2) is 0 Å². The van der Waals surface area contributed by atoms with Crippen molar-refractivity contribution >= 4 is 29.2 Å². The number of hydrogen-bond donors (Lipinski definition) is 1. The van der Waals surface area contributed by atoms with E-state index >= 15 is 0 Å². The number of phenols is 1. The molecule has 0 amide bonds. The summed E-state index contributed by atoms with van der Waals surface area (Å²) in [6.45, 7) is 4.00. The van der Waals surface area contributed by atoms with Gasteiger partial charge in [0, 0.05) is 23.6 Å². The summed E-state index contributed by atoms with van der Waals surface area (Å²) < 4.78 is 0.930. The fraction of sp³-hybridized carbons (Fsp3) is 0.250. The molecule has 0 aliphatic heterocycles. The molecule has 0 radical (unpaired) electrons. The highest BCUT2D eigenvalue weighted by Gasteiger charge is 1.96. The van der Waals surface area contributed by atoms with Crippen LogP contribution in [0.25, 0.3) is 0 Å². The molecular weight excluding hydrogens is 197 g/mol. The van der Waals surface area contributed by atoms with Crippen LogP contribution in [0.2, 0.25) is 0 Å². The van der Waals surface area contributed by atoms with Crippen LogP contribution in [0.15, 0.2) is 24.3 Å². The molecule has 12 heavy (non-hydrogen) atoms. The Labute approximate surface area is 82.6 Å². The first-order chi connectivity index (χ1) is 5.70. The molecule has 2 nitrogen and oxygen atoms in total. The molecule has 0 spiro atoms. The second-order valence-electron chi connectivity index (χ2n) is 1.75. The highest BCUT2D eigenvalue weighted by Crippen LogP contribution is 2.21. The predicted molar refractivity (Wildman–Crippen MR) is 53.6 cm³/mol. The van der Waals surface area contributed by atoms with Crippen molar-refractivity contribution in [1.82, 2.24) is 0 Å². The highest BCUT2D eigenvalue weighted by molar-refractivity contribution is 6.49. The molecule has 0 atom stereocenters. The van der Waals surface area contributed by atoms with E-state index in [4.69, 9.17) is 28.7 Å². The van der Waals surface area contributed by atoms with E-state index in [1.807, 2.05) is 13.8 Å². The second-order valence-corrected chi connectivity index (χ2v) is 2.60. The summed E-state index contributed by atoms with van der Waals surface area (Å²) in [6.07, 6.45) is 0. The minimum atomic E-state index is 0.193. The maximum Gasteiger partial charge on any atom is 0.115 e. The van der Waals surface area contributed by atoms with Gasteiger partial charge < -0.3 is 5.11 Å². The Morgan fingerprint density at radius 3 is 1.83 bits per heavy atom. The third-order valence-electron chi connectivity index (χ3n) is 1.04. The van der Waals surface area contributed by atoms with Gasteiger partial charge in [-0.1, -0.05) is 13.8 Å². The first-order valence-electron chi connectivity index (χ1n) is 3.61. The molecule has 1 aromatic rings.